The molecule has 1 saturated heterocycles. The van der Waals surface area contributed by atoms with E-state index in [0.29, 0.717) is 11.3 Å². The number of hydrogen-bond donors (Lipinski definition) is 5. The Kier molecular flexibility index (Phi) is 12.7. The van der Waals surface area contributed by atoms with Crippen molar-refractivity contribution in [1.29, 1.82) is 0 Å². The van der Waals surface area contributed by atoms with Crippen molar-refractivity contribution < 1.29 is 72.5 Å². The van der Waals surface area contributed by atoms with Crippen molar-refractivity contribution in [2.24, 2.45) is 16.7 Å². The largest absolute Gasteiger partial charge is 0.497 e. The molecule has 17 nitrogen and oxygen atoms in total. The van der Waals surface area contributed by atoms with E-state index in [9.17, 15) is 39.3 Å². The number of alkyl carbamates (subject to hydrolysis) is 1. The van der Waals surface area contributed by atoms with Gasteiger partial charge >= 0.3 is 24.0 Å². The molecule has 11 atom stereocenters. The minimum absolute atomic E-state index is 0.0104. The third-order valence-electron chi connectivity index (χ3n) is 13.3. The van der Waals surface area contributed by atoms with E-state index in [-0.39, 0.29) is 29.7 Å². The number of carbonyl (C=O) groups excluding carboxylic acids is 6. The number of rotatable bonds is 10. The molecule has 2 bridgehead atoms. The summed E-state index contributed by atoms with van der Waals surface area (Å²) in [5.74, 6) is -5.66. The number of fused-ring (bicyclic) bond motifs is 5. The molecule has 1 heterocycles. The average Bonchev–Trinajstić information content (AvgIpc) is 3.20. The highest BCUT2D eigenvalue weighted by atomic mass is 16.6. The predicted octanol–water partition coefficient (Wildman–Crippen LogP) is 3.41. The number of aliphatic hydroxyl groups is 3. The number of methoxy groups -OCH3 is 1. The molecule has 0 aromatic heterocycles. The second-order valence-corrected chi connectivity index (χ2v) is 18.7. The van der Waals surface area contributed by atoms with Crippen molar-refractivity contribution in [2.45, 2.75) is 135 Å². The molecule has 342 valence electrons. The smallest absolute Gasteiger partial charge is 0.408 e. The van der Waals surface area contributed by atoms with Gasteiger partial charge in [0.2, 0.25) is 0 Å². The fourth-order valence-electron chi connectivity index (χ4n) is 10.2. The molecule has 17 heteroatoms. The minimum Gasteiger partial charge on any atom is -0.497 e. The van der Waals surface area contributed by atoms with Gasteiger partial charge in [-0.25, -0.2) is 9.59 Å². The zero-order valence-corrected chi connectivity index (χ0v) is 37.2. The Labute approximate surface area is 365 Å². The summed E-state index contributed by atoms with van der Waals surface area (Å²) in [4.78, 5) is 83.5. The molecule has 1 aliphatic heterocycles. The fraction of sp³-hybridized carbons (Fsp3) is 0.565. The van der Waals surface area contributed by atoms with Crippen LogP contribution in [0.2, 0.25) is 0 Å². The van der Waals surface area contributed by atoms with Crippen molar-refractivity contribution in [3.05, 3.63) is 76.9 Å². The minimum atomic E-state index is -2.32. The zero-order chi connectivity index (χ0) is 46.6. The highest BCUT2D eigenvalue weighted by molar-refractivity contribution is 5.97. The van der Waals surface area contributed by atoms with Gasteiger partial charge in [0.05, 0.1) is 42.9 Å². The predicted molar refractivity (Wildman–Crippen MR) is 222 cm³/mol. The summed E-state index contributed by atoms with van der Waals surface area (Å²) in [6.45, 7) is 13.0. The lowest BCUT2D eigenvalue weighted by Gasteiger charge is -2.68. The number of aliphatic hydroxyl groups excluding tert-OH is 2. The van der Waals surface area contributed by atoms with Crippen LogP contribution in [0.3, 0.4) is 0 Å². The maximum Gasteiger partial charge on any atom is 0.408 e. The van der Waals surface area contributed by atoms with Crippen molar-refractivity contribution in [1.82, 2.24) is 10.6 Å². The van der Waals surface area contributed by atoms with E-state index in [0.717, 1.165) is 13.8 Å². The van der Waals surface area contributed by atoms with Gasteiger partial charge in [0.15, 0.2) is 23.6 Å². The van der Waals surface area contributed by atoms with Crippen molar-refractivity contribution in [3.8, 4) is 5.75 Å². The quantitative estimate of drug-likeness (QED) is 0.131. The van der Waals surface area contributed by atoms with Crippen LogP contribution in [0.1, 0.15) is 97.1 Å². The van der Waals surface area contributed by atoms with Crippen LogP contribution in [-0.4, -0.2) is 118 Å². The molecule has 0 spiro atoms. The van der Waals surface area contributed by atoms with Gasteiger partial charge in [0, 0.05) is 43.6 Å². The number of Topliss-reactive ketones (excluding diaryl/α,β-unsaturated/α-hetero) is 1. The summed E-state index contributed by atoms with van der Waals surface area (Å²) in [6.07, 6.45) is -9.59. The van der Waals surface area contributed by atoms with E-state index >= 15 is 4.79 Å². The number of esters is 3. The normalized spacial score (nSPS) is 31.8. The SMILES string of the molecule is COc1cccc(C(=O)N[C@H]2[C@@H]3[C@]4(OC(C)=O)CO[C@@H]4C[C@H](O)[C@@]3(C)C(=O)[C@H](OC(C)=O)C3=C(C)[C@@H](OC(=O)[C@H](O)[C@@H](NC(=O)OC(C)(C)C)c4ccccc4)C[C@]2(O)C3(C)C)c1. The molecule has 2 amide bonds. The molecule has 5 N–H and O–H groups in total. The van der Waals surface area contributed by atoms with Crippen LogP contribution in [-0.2, 0) is 42.9 Å². The molecule has 3 fully saturated rings. The number of benzene rings is 2. The topological polar surface area (TPSA) is 243 Å². The first-order chi connectivity index (χ1) is 29.3. The van der Waals surface area contributed by atoms with Crippen LogP contribution in [0.5, 0.6) is 5.75 Å². The number of ether oxygens (including phenoxy) is 6. The Morgan fingerprint density at radius 1 is 0.952 bits per heavy atom. The van der Waals surface area contributed by atoms with Crippen LogP contribution in [0.4, 0.5) is 4.79 Å². The Morgan fingerprint density at radius 3 is 2.19 bits per heavy atom. The average molecular weight is 879 g/mol. The maximum atomic E-state index is 15.5. The molecular formula is C46H58N2O15. The number of ketones is 1. The first-order valence-corrected chi connectivity index (χ1v) is 20.8. The summed E-state index contributed by atoms with van der Waals surface area (Å²) < 4.78 is 34.8. The lowest BCUT2D eigenvalue weighted by molar-refractivity contribution is -0.332. The summed E-state index contributed by atoms with van der Waals surface area (Å²) >= 11 is 0. The standard InChI is InChI=1S/C46H58N2O15/c1-23-29(61-40(55)34(52)33(26-15-12-11-13-16-26)47-41(56)63-42(4,5)6)21-46(57)37(48-39(54)27-17-14-18-28(19-27)58-10)36-44(9,30(51)20-31-45(36,22-59-31)62-25(3)50)38(53)35(60-24(2)49)32(23)43(46,7)8/h11-19,29-31,33-37,51-52,57H,20-22H2,1-10H3,(H,47,56)(H,48,54)/t29-,30-,31+,33-,34+,35+,36-,37-,44+,45-,46+/m0/s1. The van der Waals surface area contributed by atoms with E-state index in [1.54, 1.807) is 77.1 Å². The molecule has 4 aliphatic rings. The van der Waals surface area contributed by atoms with Gasteiger partial charge in [0.1, 0.15) is 23.6 Å². The van der Waals surface area contributed by atoms with Crippen LogP contribution in [0.15, 0.2) is 65.7 Å². The van der Waals surface area contributed by atoms with Gasteiger partial charge in [-0.2, -0.15) is 0 Å². The Hall–Kier alpha value is -5.36. The monoisotopic (exact) mass is 878 g/mol. The Balaban J connectivity index is 1.55. The Bertz CT molecular complexity index is 2180. The molecule has 2 saturated carbocycles. The van der Waals surface area contributed by atoms with Crippen molar-refractivity contribution >= 4 is 35.7 Å². The zero-order valence-electron chi connectivity index (χ0n) is 37.2. The second-order valence-electron chi connectivity index (χ2n) is 18.7. The fourth-order valence-corrected chi connectivity index (χ4v) is 10.2. The molecule has 6 rings (SSSR count). The lowest BCUT2D eigenvalue weighted by atomic mass is 9.44. The van der Waals surface area contributed by atoms with Crippen LogP contribution >= 0.6 is 0 Å². The van der Waals surface area contributed by atoms with Gasteiger partial charge in [-0.05, 0) is 69.5 Å². The molecule has 2 aromatic rings. The van der Waals surface area contributed by atoms with Crippen molar-refractivity contribution in [2.75, 3.05) is 13.7 Å². The molecular weight excluding hydrogens is 821 g/mol. The van der Waals surface area contributed by atoms with Gasteiger partial charge in [0.25, 0.3) is 5.91 Å². The van der Waals surface area contributed by atoms with E-state index in [2.05, 4.69) is 10.6 Å². The van der Waals surface area contributed by atoms with Crippen molar-refractivity contribution in [3.63, 3.8) is 0 Å². The number of carbonyl (C=O) groups is 6. The second kappa shape index (κ2) is 17.0. The van der Waals surface area contributed by atoms with Crippen LogP contribution in [0, 0.1) is 16.7 Å². The first kappa shape index (κ1) is 47.1. The summed E-state index contributed by atoms with van der Waals surface area (Å²) in [6, 6.07) is 11.3. The lowest BCUT2D eigenvalue weighted by Crippen LogP contribution is -2.83. The molecule has 3 aliphatic carbocycles. The molecule has 63 heavy (non-hydrogen) atoms. The number of nitrogens with one attached hydrogen (secondary N) is 2. The summed E-state index contributed by atoms with van der Waals surface area (Å²) in [5.41, 5.74) is -8.07. The van der Waals surface area contributed by atoms with Crippen LogP contribution < -0.4 is 15.4 Å². The van der Waals surface area contributed by atoms with E-state index in [1.807, 2.05) is 0 Å². The third-order valence-corrected chi connectivity index (χ3v) is 13.3. The van der Waals surface area contributed by atoms with E-state index < -0.39 is 118 Å². The number of hydrogen-bond acceptors (Lipinski definition) is 15. The molecule has 0 radical (unpaired) electrons. The highest BCUT2D eigenvalue weighted by Crippen LogP contribution is 2.63. The van der Waals surface area contributed by atoms with Gasteiger partial charge in [-0.15, -0.1) is 0 Å². The van der Waals surface area contributed by atoms with E-state index in [1.165, 1.54) is 33.1 Å². The van der Waals surface area contributed by atoms with E-state index in [4.69, 9.17) is 28.4 Å². The van der Waals surface area contributed by atoms with Gasteiger partial charge in [-0.3, -0.25) is 19.2 Å². The molecule has 0 unspecified atom stereocenters. The Morgan fingerprint density at radius 2 is 1.62 bits per heavy atom. The maximum absolute atomic E-state index is 15.5. The van der Waals surface area contributed by atoms with Crippen LogP contribution in [0.25, 0.3) is 0 Å². The number of amides is 2. The van der Waals surface area contributed by atoms with Gasteiger partial charge in [-0.1, -0.05) is 50.2 Å². The summed E-state index contributed by atoms with van der Waals surface area (Å²) in [5, 5.41) is 43.1. The first-order valence-electron chi connectivity index (χ1n) is 20.8. The van der Waals surface area contributed by atoms with Gasteiger partial charge < -0.3 is 54.4 Å². The molecule has 2 aromatic carbocycles. The highest BCUT2D eigenvalue weighted by Gasteiger charge is 2.77. The third kappa shape index (κ3) is 8.31. The summed E-state index contributed by atoms with van der Waals surface area (Å²) in [7, 11) is 1.42.